The lowest BCUT2D eigenvalue weighted by Crippen LogP contribution is -2.44. The highest BCUT2D eigenvalue weighted by molar-refractivity contribution is 6.31. The van der Waals surface area contributed by atoms with E-state index >= 15 is 0 Å². The van der Waals surface area contributed by atoms with Crippen molar-refractivity contribution < 1.29 is 19.1 Å². The number of carbonyl (C=O) groups is 2. The van der Waals surface area contributed by atoms with Crippen molar-refractivity contribution in [1.29, 1.82) is 0 Å². The molecule has 0 aromatic heterocycles. The summed E-state index contributed by atoms with van der Waals surface area (Å²) >= 11 is 5.96. The van der Waals surface area contributed by atoms with Gasteiger partial charge in [-0.05, 0) is 18.2 Å². The number of anilines is 1. The molecule has 25 heavy (non-hydrogen) atoms. The Kier molecular flexibility index (Phi) is 7.49. The Balaban J connectivity index is 1.91. The van der Waals surface area contributed by atoms with E-state index in [1.165, 1.54) is 18.9 Å². The van der Waals surface area contributed by atoms with Crippen LogP contribution in [-0.4, -0.2) is 74.7 Å². The lowest BCUT2D eigenvalue weighted by Gasteiger charge is -2.29. The van der Waals surface area contributed by atoms with E-state index in [1.807, 2.05) is 0 Å². The van der Waals surface area contributed by atoms with Gasteiger partial charge in [0.1, 0.15) is 5.75 Å². The largest absolute Gasteiger partial charge is 0.495 e. The zero-order valence-electron chi connectivity index (χ0n) is 14.6. The molecule has 1 fully saturated rings. The number of benzene rings is 1. The maximum atomic E-state index is 12.3. The van der Waals surface area contributed by atoms with Crippen LogP contribution in [0.3, 0.4) is 0 Å². The maximum absolute atomic E-state index is 12.3. The minimum atomic E-state index is -0.294. The minimum Gasteiger partial charge on any atom is -0.495 e. The van der Waals surface area contributed by atoms with Crippen molar-refractivity contribution in [2.75, 3.05) is 58.4 Å². The van der Waals surface area contributed by atoms with Crippen molar-refractivity contribution in [2.24, 2.45) is 0 Å². The third-order valence-corrected chi connectivity index (χ3v) is 4.24. The molecule has 1 aliphatic rings. The molecule has 0 radical (unpaired) electrons. The van der Waals surface area contributed by atoms with Crippen LogP contribution < -0.4 is 10.1 Å². The van der Waals surface area contributed by atoms with Crippen molar-refractivity contribution in [3.05, 3.63) is 23.2 Å². The molecule has 0 unspecified atom stereocenters. The predicted octanol–water partition coefficient (Wildman–Crippen LogP) is 1.47. The monoisotopic (exact) mass is 369 g/mol. The number of morpholine rings is 1. The van der Waals surface area contributed by atoms with Crippen molar-refractivity contribution in [3.63, 3.8) is 0 Å². The van der Waals surface area contributed by atoms with Gasteiger partial charge in [0.2, 0.25) is 11.8 Å². The van der Waals surface area contributed by atoms with E-state index in [0.29, 0.717) is 36.2 Å². The fourth-order valence-electron chi connectivity index (χ4n) is 2.58. The van der Waals surface area contributed by atoms with Gasteiger partial charge in [-0.1, -0.05) is 11.6 Å². The predicted molar refractivity (Wildman–Crippen MR) is 96.1 cm³/mol. The molecule has 7 nitrogen and oxygen atoms in total. The summed E-state index contributed by atoms with van der Waals surface area (Å²) in [6.45, 7) is 5.76. The van der Waals surface area contributed by atoms with Gasteiger partial charge in [0.15, 0.2) is 0 Å². The molecule has 0 spiro atoms. The molecule has 2 rings (SSSR count). The summed E-state index contributed by atoms with van der Waals surface area (Å²) in [6.07, 6.45) is 0. The second-order valence-corrected chi connectivity index (χ2v) is 6.22. The average molecular weight is 370 g/mol. The van der Waals surface area contributed by atoms with Crippen molar-refractivity contribution in [3.8, 4) is 5.75 Å². The fourth-order valence-corrected chi connectivity index (χ4v) is 2.75. The molecule has 2 amide bonds. The smallest absolute Gasteiger partial charge is 0.244 e. The number of methoxy groups -OCH3 is 1. The first-order valence-corrected chi connectivity index (χ1v) is 8.56. The van der Waals surface area contributed by atoms with Crippen LogP contribution >= 0.6 is 11.6 Å². The van der Waals surface area contributed by atoms with Gasteiger partial charge in [-0.3, -0.25) is 14.5 Å². The van der Waals surface area contributed by atoms with E-state index in [2.05, 4.69) is 10.2 Å². The summed E-state index contributed by atoms with van der Waals surface area (Å²) in [7, 11) is 1.52. The van der Waals surface area contributed by atoms with Gasteiger partial charge in [-0.15, -0.1) is 0 Å². The standard InChI is InChI=1S/C17H24ClN3O4/c1-13(22)21(6-5-20-7-9-25-10-8-20)12-17(23)19-15-11-14(18)3-4-16(15)24-2/h3-4,11H,5-10,12H2,1-2H3,(H,19,23). The maximum Gasteiger partial charge on any atom is 0.244 e. The van der Waals surface area contributed by atoms with Gasteiger partial charge in [-0.25, -0.2) is 0 Å². The van der Waals surface area contributed by atoms with E-state index in [9.17, 15) is 9.59 Å². The van der Waals surface area contributed by atoms with Gasteiger partial charge < -0.3 is 19.7 Å². The van der Waals surface area contributed by atoms with E-state index in [4.69, 9.17) is 21.1 Å². The normalized spacial score (nSPS) is 14.8. The molecule has 8 heteroatoms. The molecule has 138 valence electrons. The Labute approximate surface area is 152 Å². The Morgan fingerprint density at radius 2 is 2.08 bits per heavy atom. The first-order valence-electron chi connectivity index (χ1n) is 8.18. The van der Waals surface area contributed by atoms with E-state index in [-0.39, 0.29) is 18.4 Å². The summed E-state index contributed by atoms with van der Waals surface area (Å²) < 4.78 is 10.5. The summed E-state index contributed by atoms with van der Waals surface area (Å²) in [6, 6.07) is 4.98. The van der Waals surface area contributed by atoms with Crippen LogP contribution in [0.1, 0.15) is 6.92 Å². The molecule has 0 bridgehead atoms. The number of carbonyl (C=O) groups excluding carboxylic acids is 2. The number of nitrogens with one attached hydrogen (secondary N) is 1. The average Bonchev–Trinajstić information content (AvgIpc) is 2.59. The van der Waals surface area contributed by atoms with Crippen molar-refractivity contribution in [1.82, 2.24) is 9.80 Å². The third kappa shape index (κ3) is 6.19. The SMILES string of the molecule is COc1ccc(Cl)cc1NC(=O)CN(CCN1CCOCC1)C(C)=O. The molecular weight excluding hydrogens is 346 g/mol. The van der Waals surface area contributed by atoms with Crippen LogP contribution in [0.4, 0.5) is 5.69 Å². The quantitative estimate of drug-likeness (QED) is 0.788. The molecule has 1 heterocycles. The topological polar surface area (TPSA) is 71.1 Å². The molecule has 0 atom stereocenters. The second kappa shape index (κ2) is 9.60. The van der Waals surface area contributed by atoms with Crippen molar-refractivity contribution in [2.45, 2.75) is 6.92 Å². The summed E-state index contributed by atoms with van der Waals surface area (Å²) in [5, 5.41) is 3.24. The molecule has 1 aromatic carbocycles. The number of nitrogens with zero attached hydrogens (tertiary/aromatic N) is 2. The molecule has 1 saturated heterocycles. The van der Waals surface area contributed by atoms with Gasteiger partial charge in [0, 0.05) is 38.1 Å². The highest BCUT2D eigenvalue weighted by atomic mass is 35.5. The van der Waals surface area contributed by atoms with Crippen LogP contribution in [0.15, 0.2) is 18.2 Å². The summed E-state index contributed by atoms with van der Waals surface area (Å²) in [5.41, 5.74) is 0.483. The third-order valence-electron chi connectivity index (χ3n) is 4.01. The molecule has 1 N–H and O–H groups in total. The number of hydrogen-bond donors (Lipinski definition) is 1. The van der Waals surface area contributed by atoms with Gasteiger partial charge in [0.25, 0.3) is 0 Å². The first kappa shape index (κ1) is 19.5. The fraction of sp³-hybridized carbons (Fsp3) is 0.529. The summed E-state index contributed by atoms with van der Waals surface area (Å²) in [5.74, 6) is 0.0830. The van der Waals surface area contributed by atoms with Crippen LogP contribution in [0, 0.1) is 0 Å². The van der Waals surface area contributed by atoms with Crippen molar-refractivity contribution >= 4 is 29.1 Å². The van der Waals surface area contributed by atoms with Crippen LogP contribution in [0.25, 0.3) is 0 Å². The molecule has 0 aliphatic carbocycles. The minimum absolute atomic E-state index is 0.0185. The van der Waals surface area contributed by atoms with Gasteiger partial charge in [0.05, 0.1) is 32.6 Å². The van der Waals surface area contributed by atoms with Gasteiger partial charge >= 0.3 is 0 Å². The zero-order chi connectivity index (χ0) is 18.2. The van der Waals surface area contributed by atoms with Crippen LogP contribution in [0.2, 0.25) is 5.02 Å². The lowest BCUT2D eigenvalue weighted by atomic mass is 10.3. The first-order chi connectivity index (χ1) is 12.0. The lowest BCUT2D eigenvalue weighted by molar-refractivity contribution is -0.133. The highest BCUT2D eigenvalue weighted by Gasteiger charge is 2.17. The number of halogens is 1. The number of amides is 2. The number of rotatable bonds is 7. The molecule has 1 aromatic rings. The number of ether oxygens (including phenoxy) is 2. The van der Waals surface area contributed by atoms with Gasteiger partial charge in [-0.2, -0.15) is 0 Å². The molecule has 1 aliphatic heterocycles. The summed E-state index contributed by atoms with van der Waals surface area (Å²) in [4.78, 5) is 27.9. The molecule has 0 saturated carbocycles. The van der Waals surface area contributed by atoms with Crippen LogP contribution in [-0.2, 0) is 14.3 Å². The second-order valence-electron chi connectivity index (χ2n) is 5.79. The Morgan fingerprint density at radius 3 is 2.72 bits per heavy atom. The molecular formula is C17H24ClN3O4. The van der Waals surface area contributed by atoms with E-state index in [0.717, 1.165) is 19.6 Å². The van der Waals surface area contributed by atoms with E-state index < -0.39 is 0 Å². The van der Waals surface area contributed by atoms with E-state index in [1.54, 1.807) is 18.2 Å². The highest BCUT2D eigenvalue weighted by Crippen LogP contribution is 2.27. The Morgan fingerprint density at radius 1 is 1.36 bits per heavy atom. The van der Waals surface area contributed by atoms with Crippen LogP contribution in [0.5, 0.6) is 5.75 Å². The Hall–Kier alpha value is -1.83. The zero-order valence-corrected chi connectivity index (χ0v) is 15.3. The Bertz CT molecular complexity index is 606. The number of hydrogen-bond acceptors (Lipinski definition) is 5.